The van der Waals surface area contributed by atoms with Crippen LogP contribution in [-0.4, -0.2) is 19.4 Å². The van der Waals surface area contributed by atoms with Crippen LogP contribution in [0.3, 0.4) is 0 Å². The van der Waals surface area contributed by atoms with E-state index in [-0.39, 0.29) is 5.97 Å². The summed E-state index contributed by atoms with van der Waals surface area (Å²) in [5, 5.41) is 2.79. The molecule has 19 heavy (non-hydrogen) atoms. The van der Waals surface area contributed by atoms with Crippen molar-refractivity contribution in [3.05, 3.63) is 46.8 Å². The highest BCUT2D eigenvalue weighted by atomic mass is 32.1. The van der Waals surface area contributed by atoms with Gasteiger partial charge in [-0.2, -0.15) is 0 Å². The van der Waals surface area contributed by atoms with E-state index in [1.807, 2.05) is 30.3 Å². The van der Waals surface area contributed by atoms with E-state index in [4.69, 9.17) is 4.74 Å². The molecule has 3 aromatic rings. The summed E-state index contributed by atoms with van der Waals surface area (Å²) in [5.41, 5.74) is 0.636. The SMILES string of the molecule is COC(=O)c1cc2cc(C=O)c3ccccc3c2s1. The summed E-state index contributed by atoms with van der Waals surface area (Å²) in [6.07, 6.45) is 0.844. The Morgan fingerprint density at radius 3 is 2.63 bits per heavy atom. The summed E-state index contributed by atoms with van der Waals surface area (Å²) in [6.45, 7) is 0. The molecular formula is C15H10O3S. The quantitative estimate of drug-likeness (QED) is 0.527. The number of fused-ring (bicyclic) bond motifs is 3. The Balaban J connectivity index is 2.42. The smallest absolute Gasteiger partial charge is 0.348 e. The number of carbonyl (C=O) groups excluding carboxylic acids is 2. The summed E-state index contributed by atoms with van der Waals surface area (Å²) >= 11 is 1.39. The summed E-state index contributed by atoms with van der Waals surface area (Å²) in [6, 6.07) is 11.3. The monoisotopic (exact) mass is 270 g/mol. The van der Waals surface area contributed by atoms with Gasteiger partial charge in [-0.05, 0) is 22.9 Å². The molecule has 2 aromatic carbocycles. The molecule has 94 valence electrons. The number of rotatable bonds is 2. The van der Waals surface area contributed by atoms with E-state index in [1.54, 1.807) is 6.07 Å². The summed E-state index contributed by atoms with van der Waals surface area (Å²) in [7, 11) is 1.36. The van der Waals surface area contributed by atoms with E-state index in [1.165, 1.54) is 18.4 Å². The number of methoxy groups -OCH3 is 1. The van der Waals surface area contributed by atoms with Gasteiger partial charge >= 0.3 is 5.97 Å². The fraction of sp³-hybridized carbons (Fsp3) is 0.0667. The van der Waals surface area contributed by atoms with Gasteiger partial charge in [0.2, 0.25) is 0 Å². The van der Waals surface area contributed by atoms with Crippen molar-refractivity contribution in [3.63, 3.8) is 0 Å². The number of ether oxygens (including phenoxy) is 1. The lowest BCUT2D eigenvalue weighted by atomic mass is 10.0. The van der Waals surface area contributed by atoms with Crippen molar-refractivity contribution >= 4 is 44.5 Å². The van der Waals surface area contributed by atoms with E-state index in [0.29, 0.717) is 10.4 Å². The van der Waals surface area contributed by atoms with Crippen LogP contribution in [0.1, 0.15) is 20.0 Å². The molecule has 0 atom stereocenters. The first-order valence-corrected chi connectivity index (χ1v) is 6.55. The molecule has 0 unspecified atom stereocenters. The molecule has 1 heterocycles. The molecule has 0 fully saturated rings. The summed E-state index contributed by atoms with van der Waals surface area (Å²) in [4.78, 5) is 23.3. The molecule has 0 bridgehead atoms. The zero-order valence-corrected chi connectivity index (χ0v) is 11.0. The average molecular weight is 270 g/mol. The van der Waals surface area contributed by atoms with Crippen LogP contribution < -0.4 is 0 Å². The highest BCUT2D eigenvalue weighted by Crippen LogP contribution is 2.34. The van der Waals surface area contributed by atoms with Crippen molar-refractivity contribution in [1.29, 1.82) is 0 Å². The van der Waals surface area contributed by atoms with Gasteiger partial charge in [0.15, 0.2) is 6.29 Å². The maximum Gasteiger partial charge on any atom is 0.348 e. The molecule has 0 amide bonds. The molecule has 3 rings (SSSR count). The van der Waals surface area contributed by atoms with Crippen LogP contribution >= 0.6 is 11.3 Å². The Hall–Kier alpha value is -2.20. The van der Waals surface area contributed by atoms with Crippen molar-refractivity contribution in [3.8, 4) is 0 Å². The number of hydrogen-bond donors (Lipinski definition) is 0. The van der Waals surface area contributed by atoms with Crippen LogP contribution in [0.15, 0.2) is 36.4 Å². The summed E-state index contributed by atoms with van der Waals surface area (Å²) < 4.78 is 5.74. The zero-order valence-electron chi connectivity index (χ0n) is 10.2. The normalized spacial score (nSPS) is 10.8. The number of esters is 1. The highest BCUT2D eigenvalue weighted by molar-refractivity contribution is 7.21. The number of hydrogen-bond acceptors (Lipinski definition) is 4. The number of carbonyl (C=O) groups is 2. The van der Waals surface area contributed by atoms with Gasteiger partial charge in [0, 0.05) is 15.6 Å². The minimum atomic E-state index is -0.349. The molecule has 0 aliphatic carbocycles. The van der Waals surface area contributed by atoms with E-state index < -0.39 is 0 Å². The Morgan fingerprint density at radius 2 is 1.95 bits per heavy atom. The molecule has 0 saturated heterocycles. The van der Waals surface area contributed by atoms with Crippen molar-refractivity contribution in [2.75, 3.05) is 7.11 Å². The lowest BCUT2D eigenvalue weighted by Gasteiger charge is -2.02. The topological polar surface area (TPSA) is 43.4 Å². The van der Waals surface area contributed by atoms with Crippen LogP contribution in [0.2, 0.25) is 0 Å². The minimum absolute atomic E-state index is 0.349. The average Bonchev–Trinajstić information content (AvgIpc) is 2.89. The number of aldehydes is 1. The van der Waals surface area contributed by atoms with E-state index in [2.05, 4.69) is 0 Å². The molecule has 0 N–H and O–H groups in total. The molecule has 1 aromatic heterocycles. The Labute approximate surface area is 113 Å². The molecular weight excluding hydrogens is 260 g/mol. The maximum absolute atomic E-state index is 11.6. The highest BCUT2D eigenvalue weighted by Gasteiger charge is 2.13. The van der Waals surface area contributed by atoms with Gasteiger partial charge in [0.1, 0.15) is 4.88 Å². The van der Waals surface area contributed by atoms with Crippen LogP contribution in [0.25, 0.3) is 20.9 Å². The van der Waals surface area contributed by atoms with Crippen molar-refractivity contribution in [2.24, 2.45) is 0 Å². The van der Waals surface area contributed by atoms with Gasteiger partial charge in [0.25, 0.3) is 0 Å². The molecule has 0 aliphatic rings. The largest absolute Gasteiger partial charge is 0.465 e. The molecule has 0 aliphatic heterocycles. The van der Waals surface area contributed by atoms with Crippen molar-refractivity contribution in [1.82, 2.24) is 0 Å². The van der Waals surface area contributed by atoms with Crippen LogP contribution in [0.4, 0.5) is 0 Å². The van der Waals surface area contributed by atoms with Gasteiger partial charge in [-0.3, -0.25) is 4.79 Å². The Morgan fingerprint density at radius 1 is 1.21 bits per heavy atom. The van der Waals surface area contributed by atoms with Gasteiger partial charge in [0.05, 0.1) is 7.11 Å². The molecule has 0 spiro atoms. The fourth-order valence-corrected chi connectivity index (χ4v) is 3.30. The lowest BCUT2D eigenvalue weighted by Crippen LogP contribution is -1.96. The first kappa shape index (κ1) is 11.9. The molecule has 4 heteroatoms. The Bertz CT molecular complexity index is 802. The predicted octanol–water partition coefficient (Wildman–Crippen LogP) is 3.65. The third kappa shape index (κ3) is 1.81. The minimum Gasteiger partial charge on any atom is -0.465 e. The standard InChI is InChI=1S/C15H10O3S/c1-18-15(17)13-7-9-6-10(8-16)11-4-2-3-5-12(11)14(9)19-13/h2-8H,1H3. The van der Waals surface area contributed by atoms with Crippen LogP contribution in [0.5, 0.6) is 0 Å². The van der Waals surface area contributed by atoms with Gasteiger partial charge in [-0.25, -0.2) is 4.79 Å². The fourth-order valence-electron chi connectivity index (χ4n) is 2.20. The number of benzene rings is 2. The van der Waals surface area contributed by atoms with E-state index in [9.17, 15) is 9.59 Å². The third-order valence-electron chi connectivity index (χ3n) is 3.07. The van der Waals surface area contributed by atoms with E-state index in [0.717, 1.165) is 27.1 Å². The summed E-state index contributed by atoms with van der Waals surface area (Å²) in [5.74, 6) is -0.349. The van der Waals surface area contributed by atoms with Crippen molar-refractivity contribution in [2.45, 2.75) is 0 Å². The second-order valence-corrected chi connectivity index (χ2v) is 5.20. The maximum atomic E-state index is 11.6. The van der Waals surface area contributed by atoms with Crippen molar-refractivity contribution < 1.29 is 14.3 Å². The Kier molecular flexibility index (Phi) is 2.80. The second-order valence-electron chi connectivity index (χ2n) is 4.15. The number of thiophene rings is 1. The third-order valence-corrected chi connectivity index (χ3v) is 4.23. The van der Waals surface area contributed by atoms with E-state index >= 15 is 0 Å². The van der Waals surface area contributed by atoms with Crippen LogP contribution in [0, 0.1) is 0 Å². The van der Waals surface area contributed by atoms with Gasteiger partial charge < -0.3 is 4.74 Å². The lowest BCUT2D eigenvalue weighted by molar-refractivity contribution is 0.0606. The van der Waals surface area contributed by atoms with Crippen LogP contribution in [-0.2, 0) is 4.74 Å². The first-order valence-electron chi connectivity index (χ1n) is 5.73. The van der Waals surface area contributed by atoms with Gasteiger partial charge in [-0.1, -0.05) is 24.3 Å². The predicted molar refractivity (Wildman–Crippen MR) is 76.1 cm³/mol. The van der Waals surface area contributed by atoms with Gasteiger partial charge in [-0.15, -0.1) is 11.3 Å². The second kappa shape index (κ2) is 4.48. The molecule has 3 nitrogen and oxygen atoms in total. The molecule has 0 saturated carbocycles. The molecule has 0 radical (unpaired) electrons. The first-order chi connectivity index (χ1) is 9.24. The zero-order chi connectivity index (χ0) is 13.4.